The third-order valence-electron chi connectivity index (χ3n) is 5.53. The third-order valence-corrected chi connectivity index (χ3v) is 6.11. The molecule has 0 aliphatic carbocycles. The fraction of sp³-hybridized carbons (Fsp3) is 0.417. The van der Waals surface area contributed by atoms with Crippen LogP contribution in [0.25, 0.3) is 0 Å². The van der Waals surface area contributed by atoms with Gasteiger partial charge < -0.3 is 10.1 Å². The molecule has 0 saturated heterocycles. The van der Waals surface area contributed by atoms with E-state index in [2.05, 4.69) is 5.32 Å². The monoisotopic (exact) mass is 503 g/mol. The topological polar surface area (TPSA) is 55.4 Å². The molecular weight excluding hydrogens is 478 g/mol. The number of nitrogens with one attached hydrogen (secondary N) is 1. The lowest BCUT2D eigenvalue weighted by atomic mass is 9.85. The van der Waals surface area contributed by atoms with Crippen LogP contribution in [0.1, 0.15) is 56.1 Å². The minimum Gasteiger partial charge on any atom is -0.469 e. The number of benzene rings is 2. The van der Waals surface area contributed by atoms with Gasteiger partial charge in [0.1, 0.15) is 0 Å². The first kappa shape index (κ1) is 27.0. The van der Waals surface area contributed by atoms with Gasteiger partial charge in [0.25, 0.3) is 0 Å². The summed E-state index contributed by atoms with van der Waals surface area (Å²) in [5, 5.41) is 3.08. The van der Waals surface area contributed by atoms with E-state index < -0.39 is 23.9 Å². The normalized spacial score (nSPS) is 14.3. The molecule has 0 aromatic heterocycles. The zero-order chi connectivity index (χ0) is 24.8. The van der Waals surface area contributed by atoms with E-state index in [4.69, 9.17) is 27.9 Å². The van der Waals surface area contributed by atoms with Crippen LogP contribution in [0.15, 0.2) is 42.5 Å². The SMILES string of the molecule is CCCC(CC(=O)OC)c1ccc(Cl)c(NC(=O)[C@H](c2ccc(Cl)cc2)C(C)C(F)(F)F)c1. The van der Waals surface area contributed by atoms with Crippen LogP contribution in [0.4, 0.5) is 18.9 Å². The molecule has 0 saturated carbocycles. The molecule has 0 aliphatic heterocycles. The molecule has 0 aliphatic rings. The van der Waals surface area contributed by atoms with Crippen LogP contribution in [0, 0.1) is 5.92 Å². The van der Waals surface area contributed by atoms with Gasteiger partial charge >= 0.3 is 12.1 Å². The summed E-state index contributed by atoms with van der Waals surface area (Å²) in [6.45, 7) is 2.93. The van der Waals surface area contributed by atoms with E-state index in [0.717, 1.165) is 18.9 Å². The molecule has 0 bridgehead atoms. The fourth-order valence-electron chi connectivity index (χ4n) is 3.65. The predicted molar refractivity (Wildman–Crippen MR) is 124 cm³/mol. The van der Waals surface area contributed by atoms with Gasteiger partial charge in [0.05, 0.1) is 36.1 Å². The van der Waals surface area contributed by atoms with Crippen molar-refractivity contribution in [1.29, 1.82) is 0 Å². The number of amides is 1. The van der Waals surface area contributed by atoms with Crippen molar-refractivity contribution < 1.29 is 27.5 Å². The van der Waals surface area contributed by atoms with Crippen molar-refractivity contribution in [1.82, 2.24) is 0 Å². The highest BCUT2D eigenvalue weighted by Crippen LogP contribution is 2.39. The van der Waals surface area contributed by atoms with E-state index >= 15 is 0 Å². The summed E-state index contributed by atoms with van der Waals surface area (Å²) < 4.78 is 45.5. The van der Waals surface area contributed by atoms with E-state index in [9.17, 15) is 22.8 Å². The fourth-order valence-corrected chi connectivity index (χ4v) is 3.94. The molecule has 2 rings (SSSR count). The van der Waals surface area contributed by atoms with Gasteiger partial charge in [-0.05, 0) is 47.7 Å². The summed E-state index contributed by atoms with van der Waals surface area (Å²) in [5.74, 6) is -4.87. The van der Waals surface area contributed by atoms with Crippen molar-refractivity contribution in [3.63, 3.8) is 0 Å². The molecule has 1 amide bonds. The largest absolute Gasteiger partial charge is 0.469 e. The standard InChI is InChI=1S/C24H26Cl2F3NO3/c1-4-5-16(13-21(31)33-3)17-8-11-19(26)20(12-17)30-23(32)22(14(2)24(27,28)29)15-6-9-18(25)10-7-15/h6-12,14,16,22H,4-5,13H2,1-3H3,(H,30,32)/t14?,16?,22-/m0/s1. The Labute approximate surface area is 201 Å². The Bertz CT molecular complexity index is 964. The zero-order valence-electron chi connectivity index (χ0n) is 18.5. The second-order valence-electron chi connectivity index (χ2n) is 7.85. The number of esters is 1. The maximum Gasteiger partial charge on any atom is 0.392 e. The second kappa shape index (κ2) is 11.7. The van der Waals surface area contributed by atoms with Crippen molar-refractivity contribution in [2.24, 2.45) is 5.92 Å². The summed E-state index contributed by atoms with van der Waals surface area (Å²) in [6.07, 6.45) is -2.98. The van der Waals surface area contributed by atoms with Crippen molar-refractivity contribution in [2.75, 3.05) is 12.4 Å². The van der Waals surface area contributed by atoms with Gasteiger partial charge in [-0.15, -0.1) is 0 Å². The maximum absolute atomic E-state index is 13.6. The Kier molecular flexibility index (Phi) is 9.61. The molecule has 180 valence electrons. The predicted octanol–water partition coefficient (Wildman–Crippen LogP) is 7.36. The van der Waals surface area contributed by atoms with Crippen LogP contribution in [0.3, 0.4) is 0 Å². The van der Waals surface area contributed by atoms with E-state index in [0.29, 0.717) is 11.4 Å². The van der Waals surface area contributed by atoms with Gasteiger partial charge in [0, 0.05) is 5.02 Å². The van der Waals surface area contributed by atoms with Gasteiger partial charge in [-0.1, -0.05) is 61.7 Å². The summed E-state index contributed by atoms with van der Waals surface area (Å²) >= 11 is 12.1. The maximum atomic E-state index is 13.6. The zero-order valence-corrected chi connectivity index (χ0v) is 20.0. The van der Waals surface area contributed by atoms with Crippen LogP contribution in [0.5, 0.6) is 0 Å². The smallest absolute Gasteiger partial charge is 0.392 e. The lowest BCUT2D eigenvalue weighted by molar-refractivity contribution is -0.178. The number of alkyl halides is 3. The summed E-state index contributed by atoms with van der Waals surface area (Å²) in [6, 6.07) is 10.6. The van der Waals surface area contributed by atoms with Crippen LogP contribution < -0.4 is 5.32 Å². The Hall–Kier alpha value is -2.25. The summed E-state index contributed by atoms with van der Waals surface area (Å²) in [7, 11) is 1.30. The average Bonchev–Trinajstić information content (AvgIpc) is 2.75. The highest BCUT2D eigenvalue weighted by Gasteiger charge is 2.45. The van der Waals surface area contributed by atoms with Crippen molar-refractivity contribution in [3.05, 3.63) is 63.6 Å². The first-order chi connectivity index (χ1) is 15.5. The van der Waals surface area contributed by atoms with Gasteiger partial charge in [-0.2, -0.15) is 13.2 Å². The van der Waals surface area contributed by atoms with Crippen LogP contribution in [0.2, 0.25) is 10.0 Å². The number of halogens is 5. The Balaban J connectivity index is 2.39. The summed E-state index contributed by atoms with van der Waals surface area (Å²) in [4.78, 5) is 24.9. The molecule has 4 nitrogen and oxygen atoms in total. The molecule has 33 heavy (non-hydrogen) atoms. The molecule has 2 aromatic carbocycles. The minimum absolute atomic E-state index is 0.137. The molecule has 2 aromatic rings. The van der Waals surface area contributed by atoms with Gasteiger partial charge in [0.15, 0.2) is 0 Å². The van der Waals surface area contributed by atoms with Crippen molar-refractivity contribution in [3.8, 4) is 0 Å². The van der Waals surface area contributed by atoms with Crippen LogP contribution in [-0.2, 0) is 14.3 Å². The second-order valence-corrected chi connectivity index (χ2v) is 8.70. The molecule has 1 N–H and O–H groups in total. The number of methoxy groups -OCH3 is 1. The highest BCUT2D eigenvalue weighted by molar-refractivity contribution is 6.33. The van der Waals surface area contributed by atoms with Crippen molar-refractivity contribution in [2.45, 2.75) is 51.1 Å². The molecule has 0 heterocycles. The number of carbonyl (C=O) groups is 2. The first-order valence-electron chi connectivity index (χ1n) is 10.5. The van der Waals surface area contributed by atoms with Crippen LogP contribution in [-0.4, -0.2) is 25.2 Å². The molecular formula is C24H26Cl2F3NO3. The molecule has 2 unspecified atom stereocenters. The number of carbonyl (C=O) groups excluding carboxylic acids is 2. The lowest BCUT2D eigenvalue weighted by Crippen LogP contribution is -2.34. The van der Waals surface area contributed by atoms with E-state index in [1.165, 1.54) is 31.4 Å². The minimum atomic E-state index is -4.60. The lowest BCUT2D eigenvalue weighted by Gasteiger charge is -2.26. The highest BCUT2D eigenvalue weighted by atomic mass is 35.5. The molecule has 0 fully saturated rings. The van der Waals surface area contributed by atoms with E-state index in [1.54, 1.807) is 18.2 Å². The van der Waals surface area contributed by atoms with Crippen LogP contribution >= 0.6 is 23.2 Å². The van der Waals surface area contributed by atoms with Gasteiger partial charge in [0.2, 0.25) is 5.91 Å². The first-order valence-corrected chi connectivity index (χ1v) is 11.2. The van der Waals surface area contributed by atoms with Crippen molar-refractivity contribution >= 4 is 40.8 Å². The van der Waals surface area contributed by atoms with Gasteiger partial charge in [-0.25, -0.2) is 0 Å². The van der Waals surface area contributed by atoms with E-state index in [-0.39, 0.29) is 34.6 Å². The molecule has 9 heteroatoms. The molecule has 0 spiro atoms. The number of ether oxygens (including phenoxy) is 1. The van der Waals surface area contributed by atoms with E-state index in [1.807, 2.05) is 6.92 Å². The Morgan fingerprint density at radius 3 is 2.21 bits per heavy atom. The molecule has 0 radical (unpaired) electrons. The number of anilines is 1. The number of hydrogen-bond acceptors (Lipinski definition) is 3. The molecule has 3 atom stereocenters. The Morgan fingerprint density at radius 1 is 1.06 bits per heavy atom. The third kappa shape index (κ3) is 7.37. The average molecular weight is 504 g/mol. The number of rotatable bonds is 9. The quantitative estimate of drug-likeness (QED) is 0.363. The Morgan fingerprint density at radius 2 is 1.67 bits per heavy atom. The summed E-state index contributed by atoms with van der Waals surface area (Å²) in [5.41, 5.74) is 1.09. The van der Waals surface area contributed by atoms with Gasteiger partial charge in [-0.3, -0.25) is 9.59 Å². The number of hydrogen-bond donors (Lipinski definition) is 1.